The number of carbonyl (C=O) groups excluding carboxylic acids is 1. The molecule has 1 atom stereocenters. The highest BCUT2D eigenvalue weighted by Crippen LogP contribution is 2.23. The number of ketones is 1. The van der Waals surface area contributed by atoms with Gasteiger partial charge in [0, 0.05) is 42.5 Å². The Kier molecular flexibility index (Phi) is 10.4. The number of anilines is 2. The number of pyridine rings is 1. The third-order valence-electron chi connectivity index (χ3n) is 6.99. The summed E-state index contributed by atoms with van der Waals surface area (Å²) in [5.74, 6) is 0.698. The van der Waals surface area contributed by atoms with E-state index in [1.54, 1.807) is 30.5 Å². The van der Waals surface area contributed by atoms with Crippen LogP contribution in [-0.2, 0) is 0 Å². The van der Waals surface area contributed by atoms with Gasteiger partial charge in [-0.3, -0.25) is 4.79 Å². The number of aromatic nitrogens is 4. The molecule has 1 unspecified atom stereocenters. The number of nitrogens with zero attached hydrogens (tertiary/aromatic N) is 6. The third-order valence-corrected chi connectivity index (χ3v) is 7.24. The highest BCUT2D eigenvalue weighted by molar-refractivity contribution is 6.30. The van der Waals surface area contributed by atoms with E-state index in [1.807, 2.05) is 19.1 Å². The second-order valence-corrected chi connectivity index (χ2v) is 10.2. The number of carbonyl (C=O) groups is 1. The maximum atomic E-state index is 13.2. The smallest absolute Gasteiger partial charge is 0.351 e. The fourth-order valence-corrected chi connectivity index (χ4v) is 5.14. The van der Waals surface area contributed by atoms with E-state index in [2.05, 4.69) is 51.9 Å². The van der Waals surface area contributed by atoms with Crippen LogP contribution in [0.25, 0.3) is 5.69 Å². The number of Topliss-reactive ketones (excluding diaryl/α,β-unsaturated/α-hetero) is 1. The topological polar surface area (TPSA) is 76.3 Å². The average Bonchev–Trinajstić information content (AvgIpc) is 3.30. The summed E-state index contributed by atoms with van der Waals surface area (Å²) in [6.07, 6.45) is 3.56. The van der Waals surface area contributed by atoms with Crippen molar-refractivity contribution in [3.05, 3.63) is 99.3 Å². The zero-order valence-electron chi connectivity index (χ0n) is 22.7. The monoisotopic (exact) mass is 602 g/mol. The van der Waals surface area contributed by atoms with Crippen molar-refractivity contribution in [1.29, 1.82) is 0 Å². The van der Waals surface area contributed by atoms with E-state index in [-0.39, 0.29) is 36.3 Å². The predicted octanol–water partition coefficient (Wildman–Crippen LogP) is 5.70. The summed E-state index contributed by atoms with van der Waals surface area (Å²) >= 11 is 5.95. The third kappa shape index (κ3) is 6.52. The van der Waals surface area contributed by atoms with Crippen LogP contribution in [0, 0.1) is 13.8 Å². The molecule has 4 aromatic rings. The molecule has 0 bridgehead atoms. The van der Waals surface area contributed by atoms with Gasteiger partial charge in [-0.15, -0.1) is 24.8 Å². The highest BCUT2D eigenvalue weighted by Gasteiger charge is 2.24. The molecule has 0 amide bonds. The Morgan fingerprint density at radius 1 is 0.900 bits per heavy atom. The van der Waals surface area contributed by atoms with E-state index in [9.17, 15) is 9.59 Å². The van der Waals surface area contributed by atoms with Crippen molar-refractivity contribution in [3.63, 3.8) is 0 Å². The first-order chi connectivity index (χ1) is 18.3. The molecule has 0 saturated carbocycles. The second kappa shape index (κ2) is 13.4. The van der Waals surface area contributed by atoms with Gasteiger partial charge in [0.2, 0.25) is 0 Å². The average molecular weight is 604 g/mol. The van der Waals surface area contributed by atoms with Crippen molar-refractivity contribution in [2.24, 2.45) is 0 Å². The van der Waals surface area contributed by atoms with Crippen LogP contribution in [0.15, 0.2) is 71.9 Å². The maximum absolute atomic E-state index is 13.2. The fraction of sp³-hybridized carbons (Fsp3) is 0.310. The normalized spacial score (nSPS) is 13.8. The van der Waals surface area contributed by atoms with Crippen molar-refractivity contribution >= 4 is 53.7 Å². The molecule has 212 valence electrons. The number of halogens is 3. The van der Waals surface area contributed by atoms with Crippen molar-refractivity contribution in [2.75, 3.05) is 36.0 Å². The van der Waals surface area contributed by atoms with E-state index in [0.29, 0.717) is 22.7 Å². The molecule has 1 saturated heterocycles. The van der Waals surface area contributed by atoms with Gasteiger partial charge in [0.25, 0.3) is 0 Å². The number of rotatable bonds is 7. The largest absolute Gasteiger partial charge is 0.368 e. The van der Waals surface area contributed by atoms with Gasteiger partial charge in [0.05, 0.1) is 11.9 Å². The Labute approximate surface area is 251 Å². The van der Waals surface area contributed by atoms with Gasteiger partial charge in [0.15, 0.2) is 5.78 Å². The molecule has 1 fully saturated rings. The molecule has 2 aromatic carbocycles. The van der Waals surface area contributed by atoms with Crippen molar-refractivity contribution in [1.82, 2.24) is 19.3 Å². The van der Waals surface area contributed by atoms with Gasteiger partial charge in [0.1, 0.15) is 18.2 Å². The van der Waals surface area contributed by atoms with E-state index < -0.39 is 6.04 Å². The van der Waals surface area contributed by atoms with Crippen molar-refractivity contribution in [3.8, 4) is 5.69 Å². The fourth-order valence-electron chi connectivity index (χ4n) is 5.02. The van der Waals surface area contributed by atoms with Crippen LogP contribution >= 0.6 is 36.4 Å². The maximum Gasteiger partial charge on any atom is 0.351 e. The Bertz CT molecular complexity index is 1470. The summed E-state index contributed by atoms with van der Waals surface area (Å²) in [4.78, 5) is 35.6. The highest BCUT2D eigenvalue weighted by atomic mass is 35.5. The van der Waals surface area contributed by atoms with Crippen LogP contribution in [0.3, 0.4) is 0 Å². The molecule has 3 heterocycles. The van der Waals surface area contributed by atoms with E-state index in [1.165, 1.54) is 32.4 Å². The first-order valence-corrected chi connectivity index (χ1v) is 13.2. The number of hydrogen-bond donors (Lipinski definition) is 0. The van der Waals surface area contributed by atoms with Crippen LogP contribution in [-0.4, -0.2) is 51.3 Å². The number of aryl methyl sites for hydroxylation is 2. The molecule has 8 nitrogen and oxygen atoms in total. The summed E-state index contributed by atoms with van der Waals surface area (Å²) in [5.41, 5.74) is 4.53. The van der Waals surface area contributed by atoms with Crippen molar-refractivity contribution in [2.45, 2.75) is 33.2 Å². The zero-order valence-corrected chi connectivity index (χ0v) is 25.0. The SMILES string of the molecule is CCC(C(=O)c1ccc(Cl)cc1)n1ncn(-c2ccc(N3CCN(c4cc(C)cc(C)c4)CC3)nc2)c1=O.Cl.Cl. The van der Waals surface area contributed by atoms with Gasteiger partial charge in [-0.1, -0.05) is 24.6 Å². The molecule has 2 aromatic heterocycles. The van der Waals surface area contributed by atoms with Gasteiger partial charge in [-0.25, -0.2) is 19.0 Å². The molecule has 0 aliphatic carbocycles. The van der Waals surface area contributed by atoms with Crippen LogP contribution in [0.4, 0.5) is 11.5 Å². The summed E-state index contributed by atoms with van der Waals surface area (Å²) in [6.45, 7) is 9.68. The van der Waals surface area contributed by atoms with Crippen LogP contribution in [0.2, 0.25) is 5.02 Å². The molecule has 1 aliphatic rings. The Hall–Kier alpha value is -3.33. The molecule has 5 rings (SSSR count). The lowest BCUT2D eigenvalue weighted by Gasteiger charge is -2.37. The second-order valence-electron chi connectivity index (χ2n) is 9.72. The quantitative estimate of drug-likeness (QED) is 0.252. The van der Waals surface area contributed by atoms with E-state index in [0.717, 1.165) is 32.0 Å². The van der Waals surface area contributed by atoms with Crippen LogP contribution in [0.1, 0.15) is 40.9 Å². The van der Waals surface area contributed by atoms with Gasteiger partial charge >= 0.3 is 5.69 Å². The molecule has 0 radical (unpaired) electrons. The molecule has 11 heteroatoms. The molecular formula is C29H33Cl3N6O2. The summed E-state index contributed by atoms with van der Waals surface area (Å²) in [5, 5.41) is 4.82. The number of benzene rings is 2. The van der Waals surface area contributed by atoms with E-state index in [4.69, 9.17) is 11.6 Å². The summed E-state index contributed by atoms with van der Waals surface area (Å²) in [7, 11) is 0. The molecule has 0 spiro atoms. The number of hydrogen-bond acceptors (Lipinski definition) is 6. The Morgan fingerprint density at radius 2 is 1.52 bits per heavy atom. The van der Waals surface area contributed by atoms with Gasteiger partial charge in [-0.05, 0) is 79.9 Å². The Balaban J connectivity index is 0.00000220. The van der Waals surface area contributed by atoms with E-state index >= 15 is 0 Å². The minimum atomic E-state index is -0.703. The minimum Gasteiger partial charge on any atom is -0.368 e. The van der Waals surface area contributed by atoms with Crippen LogP contribution < -0.4 is 15.5 Å². The first kappa shape index (κ1) is 31.2. The predicted molar refractivity (Wildman–Crippen MR) is 166 cm³/mol. The number of piperazine rings is 1. The summed E-state index contributed by atoms with van der Waals surface area (Å²) < 4.78 is 2.67. The zero-order chi connectivity index (χ0) is 26.8. The first-order valence-electron chi connectivity index (χ1n) is 12.8. The lowest BCUT2D eigenvalue weighted by molar-refractivity contribution is 0.0911. The Morgan fingerprint density at radius 3 is 2.10 bits per heavy atom. The van der Waals surface area contributed by atoms with Crippen LogP contribution in [0.5, 0.6) is 0 Å². The minimum absolute atomic E-state index is 0. The molecule has 1 aliphatic heterocycles. The summed E-state index contributed by atoms with van der Waals surface area (Å²) in [6, 6.07) is 16.4. The lowest BCUT2D eigenvalue weighted by Crippen LogP contribution is -2.46. The molecule has 40 heavy (non-hydrogen) atoms. The van der Waals surface area contributed by atoms with Gasteiger partial charge < -0.3 is 9.80 Å². The van der Waals surface area contributed by atoms with Gasteiger partial charge in [-0.2, -0.15) is 5.10 Å². The lowest BCUT2D eigenvalue weighted by atomic mass is 10.0. The molecule has 0 N–H and O–H groups in total. The van der Waals surface area contributed by atoms with Crippen molar-refractivity contribution < 1.29 is 4.79 Å². The standard InChI is InChI=1S/C29H31ClN6O2.2ClH/c1-4-26(28(37)22-5-7-23(30)8-6-22)36-29(38)35(19-32-36)24-9-10-27(31-18-24)34-13-11-33(12-14-34)25-16-20(2)15-21(3)17-25;;/h5-10,15-19,26H,4,11-14H2,1-3H3;2*1H. The molecular weight excluding hydrogens is 571 g/mol.